The SMILES string of the molecule is COc1cccc([C@H]2/C(=C(\O)c3ccc(Cl)cc3)C(=O)C(=O)N2c2cc(C)on2)c1OC. The second kappa shape index (κ2) is 8.39. The van der Waals surface area contributed by atoms with Crippen LogP contribution >= 0.6 is 11.6 Å². The maximum absolute atomic E-state index is 13.1. The molecule has 1 atom stereocenters. The van der Waals surface area contributed by atoms with Crippen molar-refractivity contribution < 1.29 is 28.7 Å². The maximum Gasteiger partial charge on any atom is 0.301 e. The summed E-state index contributed by atoms with van der Waals surface area (Å²) in [6.07, 6.45) is 0. The van der Waals surface area contributed by atoms with Crippen LogP contribution in [0.4, 0.5) is 5.82 Å². The molecular formula is C23H19ClN2O6. The van der Waals surface area contributed by atoms with E-state index < -0.39 is 17.7 Å². The molecule has 8 nitrogen and oxygen atoms in total. The fourth-order valence-corrected chi connectivity index (χ4v) is 3.85. The number of halogens is 1. The third-order valence-electron chi connectivity index (χ3n) is 5.15. The Kier molecular flexibility index (Phi) is 5.63. The van der Waals surface area contributed by atoms with Crippen molar-refractivity contribution in [1.82, 2.24) is 5.16 Å². The third-order valence-corrected chi connectivity index (χ3v) is 5.40. The predicted molar refractivity (Wildman–Crippen MR) is 117 cm³/mol. The molecule has 164 valence electrons. The number of aryl methyl sites for hydroxylation is 1. The molecule has 0 aliphatic carbocycles. The molecule has 0 radical (unpaired) electrons. The molecule has 1 amide bonds. The summed E-state index contributed by atoms with van der Waals surface area (Å²) >= 11 is 5.95. The number of aliphatic hydroxyl groups excluding tert-OH is 1. The highest BCUT2D eigenvalue weighted by molar-refractivity contribution is 6.51. The van der Waals surface area contributed by atoms with Crippen molar-refractivity contribution in [2.75, 3.05) is 19.1 Å². The van der Waals surface area contributed by atoms with E-state index in [1.54, 1.807) is 49.4 Å². The Labute approximate surface area is 188 Å². The summed E-state index contributed by atoms with van der Waals surface area (Å²) in [5, 5.41) is 15.5. The Balaban J connectivity index is 2.01. The first-order chi connectivity index (χ1) is 15.4. The van der Waals surface area contributed by atoms with Gasteiger partial charge in [0.1, 0.15) is 17.6 Å². The van der Waals surface area contributed by atoms with Crippen molar-refractivity contribution in [2.45, 2.75) is 13.0 Å². The van der Waals surface area contributed by atoms with Crippen LogP contribution in [0.1, 0.15) is 22.9 Å². The minimum atomic E-state index is -1.04. The molecule has 2 aromatic carbocycles. The van der Waals surface area contributed by atoms with Crippen LogP contribution in [0.3, 0.4) is 0 Å². The van der Waals surface area contributed by atoms with E-state index >= 15 is 0 Å². The number of aliphatic hydroxyl groups is 1. The molecule has 0 spiro atoms. The molecule has 1 aromatic heterocycles. The smallest absolute Gasteiger partial charge is 0.301 e. The standard InChI is InChI=1S/C23H19ClN2O6/c1-12-11-17(25-32-12)26-19(15-5-4-6-16(30-2)22(15)31-3)18(21(28)23(26)29)20(27)13-7-9-14(24)10-8-13/h4-11,19,27H,1-3H3/b20-18+/t19-/m0/s1. The quantitative estimate of drug-likeness (QED) is 0.348. The molecular weight excluding hydrogens is 436 g/mol. The van der Waals surface area contributed by atoms with E-state index in [0.29, 0.717) is 33.4 Å². The van der Waals surface area contributed by atoms with Gasteiger partial charge < -0.3 is 19.1 Å². The summed E-state index contributed by atoms with van der Waals surface area (Å²) in [7, 11) is 2.93. The Morgan fingerprint density at radius 1 is 1.12 bits per heavy atom. The molecule has 1 fully saturated rings. The maximum atomic E-state index is 13.1. The lowest BCUT2D eigenvalue weighted by Gasteiger charge is -2.25. The van der Waals surface area contributed by atoms with Gasteiger partial charge in [-0.3, -0.25) is 14.5 Å². The Bertz CT molecular complexity index is 1230. The molecule has 0 bridgehead atoms. The number of ether oxygens (including phenoxy) is 2. The second-order valence-corrected chi connectivity index (χ2v) is 7.49. The first kappa shape index (κ1) is 21.5. The van der Waals surface area contributed by atoms with Gasteiger partial charge in [0.15, 0.2) is 17.3 Å². The molecule has 32 heavy (non-hydrogen) atoms. The first-order valence-corrected chi connectivity index (χ1v) is 9.96. The number of carbonyl (C=O) groups excluding carboxylic acids is 2. The zero-order valence-electron chi connectivity index (χ0n) is 17.5. The molecule has 9 heteroatoms. The molecule has 2 heterocycles. The van der Waals surface area contributed by atoms with Crippen molar-refractivity contribution in [1.29, 1.82) is 0 Å². The van der Waals surface area contributed by atoms with Gasteiger partial charge >= 0.3 is 5.91 Å². The average Bonchev–Trinajstić information content (AvgIpc) is 3.33. The summed E-state index contributed by atoms with van der Waals surface area (Å²) in [6, 6.07) is 11.8. The normalized spacial score (nSPS) is 17.6. The van der Waals surface area contributed by atoms with E-state index in [1.807, 2.05) is 0 Å². The molecule has 1 saturated heterocycles. The number of nitrogens with zero attached hydrogens (tertiary/aromatic N) is 2. The molecule has 1 N–H and O–H groups in total. The monoisotopic (exact) mass is 454 g/mol. The Hall–Kier alpha value is -3.78. The van der Waals surface area contributed by atoms with E-state index in [2.05, 4.69) is 5.16 Å². The molecule has 3 aromatic rings. The van der Waals surface area contributed by atoms with Crippen LogP contribution in [0.2, 0.25) is 5.02 Å². The number of amides is 1. The van der Waals surface area contributed by atoms with E-state index in [4.69, 9.17) is 25.6 Å². The average molecular weight is 455 g/mol. The minimum absolute atomic E-state index is 0.121. The van der Waals surface area contributed by atoms with E-state index in [9.17, 15) is 14.7 Å². The summed E-state index contributed by atoms with van der Waals surface area (Å²) < 4.78 is 16.1. The number of ketones is 1. The van der Waals surface area contributed by atoms with Gasteiger partial charge in [0.2, 0.25) is 0 Å². The number of anilines is 1. The van der Waals surface area contributed by atoms with Crippen molar-refractivity contribution in [3.8, 4) is 11.5 Å². The third kappa shape index (κ3) is 3.48. The Morgan fingerprint density at radius 3 is 2.44 bits per heavy atom. The highest BCUT2D eigenvalue weighted by Crippen LogP contribution is 2.47. The number of aromatic nitrogens is 1. The fourth-order valence-electron chi connectivity index (χ4n) is 3.72. The number of Topliss-reactive ketones (excluding diaryl/α,β-unsaturated/α-hetero) is 1. The summed E-state index contributed by atoms with van der Waals surface area (Å²) in [6.45, 7) is 1.67. The largest absolute Gasteiger partial charge is 0.507 e. The highest BCUT2D eigenvalue weighted by atomic mass is 35.5. The van der Waals surface area contributed by atoms with Gasteiger partial charge in [0, 0.05) is 22.2 Å². The van der Waals surface area contributed by atoms with Crippen molar-refractivity contribution in [3.05, 3.63) is 76.0 Å². The molecule has 0 saturated carbocycles. The van der Waals surface area contributed by atoms with Crippen LogP contribution in [0.5, 0.6) is 11.5 Å². The van der Waals surface area contributed by atoms with Gasteiger partial charge in [0.05, 0.1) is 19.8 Å². The lowest BCUT2D eigenvalue weighted by molar-refractivity contribution is -0.132. The lowest BCUT2D eigenvalue weighted by Crippen LogP contribution is -2.30. The summed E-state index contributed by atoms with van der Waals surface area (Å²) in [5.41, 5.74) is 0.641. The van der Waals surface area contributed by atoms with E-state index in [-0.39, 0.29) is 17.2 Å². The van der Waals surface area contributed by atoms with Gasteiger partial charge in [-0.05, 0) is 37.3 Å². The number of para-hydroxylation sites is 1. The molecule has 4 rings (SSSR count). The first-order valence-electron chi connectivity index (χ1n) is 9.58. The van der Waals surface area contributed by atoms with Crippen LogP contribution in [-0.2, 0) is 9.59 Å². The van der Waals surface area contributed by atoms with Gasteiger partial charge in [-0.25, -0.2) is 0 Å². The van der Waals surface area contributed by atoms with Crippen LogP contribution in [-0.4, -0.2) is 36.2 Å². The summed E-state index contributed by atoms with van der Waals surface area (Å²) in [5.74, 6) is -0.771. The van der Waals surface area contributed by atoms with Crippen LogP contribution in [0, 0.1) is 6.92 Å². The van der Waals surface area contributed by atoms with E-state index in [0.717, 1.165) is 0 Å². The number of methoxy groups -OCH3 is 2. The minimum Gasteiger partial charge on any atom is -0.507 e. The number of hydrogen-bond acceptors (Lipinski definition) is 7. The zero-order chi connectivity index (χ0) is 23.0. The van der Waals surface area contributed by atoms with Crippen LogP contribution in [0.15, 0.2) is 58.6 Å². The second-order valence-electron chi connectivity index (χ2n) is 7.05. The van der Waals surface area contributed by atoms with E-state index in [1.165, 1.54) is 25.2 Å². The van der Waals surface area contributed by atoms with Gasteiger partial charge in [-0.15, -0.1) is 0 Å². The van der Waals surface area contributed by atoms with Gasteiger partial charge in [-0.2, -0.15) is 0 Å². The summed E-state index contributed by atoms with van der Waals surface area (Å²) in [4.78, 5) is 27.4. The van der Waals surface area contributed by atoms with Crippen molar-refractivity contribution in [2.24, 2.45) is 0 Å². The van der Waals surface area contributed by atoms with Crippen LogP contribution in [0.25, 0.3) is 5.76 Å². The lowest BCUT2D eigenvalue weighted by atomic mass is 9.94. The highest BCUT2D eigenvalue weighted by Gasteiger charge is 2.49. The number of rotatable bonds is 5. The molecule has 1 aliphatic rings. The zero-order valence-corrected chi connectivity index (χ0v) is 18.2. The topological polar surface area (TPSA) is 102 Å². The van der Waals surface area contributed by atoms with Crippen LogP contribution < -0.4 is 14.4 Å². The Morgan fingerprint density at radius 2 is 1.84 bits per heavy atom. The number of benzene rings is 2. The van der Waals surface area contributed by atoms with Gasteiger partial charge in [-0.1, -0.05) is 28.9 Å². The molecule has 0 unspecified atom stereocenters. The predicted octanol–water partition coefficient (Wildman–Crippen LogP) is 4.28. The number of carbonyl (C=O) groups is 2. The van der Waals surface area contributed by atoms with Gasteiger partial charge in [0.25, 0.3) is 5.78 Å². The number of hydrogen-bond donors (Lipinski definition) is 1. The molecule has 1 aliphatic heterocycles. The van der Waals surface area contributed by atoms with Crippen molar-refractivity contribution >= 4 is 34.9 Å². The van der Waals surface area contributed by atoms with Crippen molar-refractivity contribution in [3.63, 3.8) is 0 Å². The fraction of sp³-hybridized carbons (Fsp3) is 0.174.